The van der Waals surface area contributed by atoms with Crippen molar-refractivity contribution in [3.63, 3.8) is 0 Å². The van der Waals surface area contributed by atoms with E-state index in [4.69, 9.17) is 16.3 Å². The maximum atomic E-state index is 12.4. The minimum Gasteiger partial charge on any atom is -0.494 e. The molecule has 1 aromatic heterocycles. The van der Waals surface area contributed by atoms with Crippen LogP contribution in [0.25, 0.3) is 0 Å². The number of nitrogens with zero attached hydrogens (tertiary/aromatic N) is 2. The average molecular weight is 381 g/mol. The zero-order chi connectivity index (χ0) is 14.9. The van der Waals surface area contributed by atoms with E-state index in [1.807, 2.05) is 0 Å². The molecule has 0 radical (unpaired) electrons. The largest absolute Gasteiger partial charge is 0.494 e. The predicted octanol–water partition coefficient (Wildman–Crippen LogP) is 2.65. The Kier molecular flexibility index (Phi) is 4.26. The van der Waals surface area contributed by atoms with E-state index in [0.717, 1.165) is 0 Å². The number of hydrogen-bond donors (Lipinski definition) is 1. The Morgan fingerprint density at radius 3 is 2.70 bits per heavy atom. The highest BCUT2D eigenvalue weighted by Gasteiger charge is 2.23. The number of rotatable bonds is 4. The molecule has 0 atom stereocenters. The summed E-state index contributed by atoms with van der Waals surface area (Å²) in [4.78, 5) is -0.0648. The fourth-order valence-electron chi connectivity index (χ4n) is 1.60. The predicted molar refractivity (Wildman–Crippen MR) is 79.7 cm³/mol. The molecule has 108 valence electrons. The zero-order valence-corrected chi connectivity index (χ0v) is 13.8. The molecule has 0 saturated heterocycles. The van der Waals surface area contributed by atoms with Crippen molar-refractivity contribution in [3.8, 4) is 5.75 Å². The molecule has 0 aliphatic heterocycles. The number of halogens is 2. The van der Waals surface area contributed by atoms with Crippen LogP contribution in [0.2, 0.25) is 5.02 Å². The molecule has 0 bridgehead atoms. The fraction of sp³-hybridized carbons (Fsp3) is 0.182. The van der Waals surface area contributed by atoms with E-state index in [0.29, 0.717) is 4.47 Å². The number of anilines is 1. The van der Waals surface area contributed by atoms with Crippen LogP contribution in [0.15, 0.2) is 33.8 Å². The summed E-state index contributed by atoms with van der Waals surface area (Å²) in [5, 5.41) is 4.24. The summed E-state index contributed by atoms with van der Waals surface area (Å²) in [5.74, 6) is 0.392. The van der Waals surface area contributed by atoms with Crippen molar-refractivity contribution in [2.75, 3.05) is 11.8 Å². The summed E-state index contributed by atoms with van der Waals surface area (Å²) in [6.45, 7) is 0. The van der Waals surface area contributed by atoms with E-state index in [1.165, 1.54) is 17.9 Å². The molecule has 6 nitrogen and oxygen atoms in total. The lowest BCUT2D eigenvalue weighted by atomic mass is 10.3. The first kappa shape index (κ1) is 15.1. The van der Waals surface area contributed by atoms with Gasteiger partial charge in [0, 0.05) is 24.3 Å². The number of methoxy groups -OCH3 is 1. The molecule has 0 aliphatic carbocycles. The maximum Gasteiger partial charge on any atom is 0.266 e. The summed E-state index contributed by atoms with van der Waals surface area (Å²) in [6.07, 6.45) is 1.63. The van der Waals surface area contributed by atoms with E-state index < -0.39 is 10.0 Å². The normalized spacial score (nSPS) is 11.4. The topological polar surface area (TPSA) is 73.2 Å². The molecule has 0 fully saturated rings. The highest BCUT2D eigenvalue weighted by Crippen LogP contribution is 2.35. The molecule has 0 spiro atoms. The van der Waals surface area contributed by atoms with E-state index in [1.54, 1.807) is 25.4 Å². The van der Waals surface area contributed by atoms with Crippen molar-refractivity contribution in [3.05, 3.63) is 33.9 Å². The smallest absolute Gasteiger partial charge is 0.266 e. The van der Waals surface area contributed by atoms with E-state index >= 15 is 0 Å². The number of nitrogens with one attached hydrogen (secondary N) is 1. The van der Waals surface area contributed by atoms with Crippen LogP contribution in [0.1, 0.15) is 0 Å². The monoisotopic (exact) mass is 379 g/mol. The SMILES string of the molecule is COc1c(Br)cc(Cl)cc1S(=O)(=O)Nc1ccn(C)n1. The third-order valence-electron chi connectivity index (χ3n) is 2.42. The third kappa shape index (κ3) is 3.08. The molecule has 0 unspecified atom stereocenters. The molecular weight excluding hydrogens is 370 g/mol. The van der Waals surface area contributed by atoms with Crippen LogP contribution < -0.4 is 9.46 Å². The summed E-state index contributed by atoms with van der Waals surface area (Å²) >= 11 is 9.11. The van der Waals surface area contributed by atoms with Gasteiger partial charge in [0.15, 0.2) is 11.6 Å². The highest BCUT2D eigenvalue weighted by atomic mass is 79.9. The van der Waals surface area contributed by atoms with Crippen molar-refractivity contribution in [1.29, 1.82) is 0 Å². The lowest BCUT2D eigenvalue weighted by Gasteiger charge is -2.12. The molecule has 2 aromatic rings. The Morgan fingerprint density at radius 2 is 2.15 bits per heavy atom. The Hall–Kier alpha value is -1.25. The standard InChI is InChI=1S/C11H11BrClN3O3S/c1-16-4-3-10(14-16)15-20(17,18)9-6-7(13)5-8(12)11(9)19-2/h3-6H,1-2H3,(H,14,15). The summed E-state index contributed by atoms with van der Waals surface area (Å²) in [6, 6.07) is 4.42. The van der Waals surface area contributed by atoms with Gasteiger partial charge < -0.3 is 4.74 Å². The Balaban J connectivity index is 2.49. The van der Waals surface area contributed by atoms with Crippen LogP contribution in [-0.4, -0.2) is 25.3 Å². The first-order chi connectivity index (χ1) is 9.33. The number of aryl methyl sites for hydroxylation is 1. The van der Waals surface area contributed by atoms with Crippen LogP contribution in [0.5, 0.6) is 5.75 Å². The molecule has 1 heterocycles. The Bertz CT molecular complexity index is 745. The number of sulfonamides is 1. The number of aromatic nitrogens is 2. The molecule has 1 aromatic carbocycles. The summed E-state index contributed by atoms with van der Waals surface area (Å²) in [7, 11) is -0.781. The van der Waals surface area contributed by atoms with Gasteiger partial charge >= 0.3 is 0 Å². The molecule has 1 N–H and O–H groups in total. The number of ether oxygens (including phenoxy) is 1. The van der Waals surface area contributed by atoms with Crippen molar-refractivity contribution in [1.82, 2.24) is 9.78 Å². The molecule has 20 heavy (non-hydrogen) atoms. The maximum absolute atomic E-state index is 12.4. The Morgan fingerprint density at radius 1 is 1.45 bits per heavy atom. The first-order valence-corrected chi connectivity index (χ1v) is 8.04. The molecule has 9 heteroatoms. The van der Waals surface area contributed by atoms with Gasteiger partial charge in [-0.1, -0.05) is 11.6 Å². The van der Waals surface area contributed by atoms with E-state index in [2.05, 4.69) is 25.8 Å². The minimum atomic E-state index is -3.85. The van der Waals surface area contributed by atoms with Gasteiger partial charge in [-0.15, -0.1) is 0 Å². The van der Waals surface area contributed by atoms with Gasteiger partial charge in [0.05, 0.1) is 11.6 Å². The zero-order valence-electron chi connectivity index (χ0n) is 10.6. The first-order valence-electron chi connectivity index (χ1n) is 5.39. The summed E-state index contributed by atoms with van der Waals surface area (Å²) < 4.78 is 34.2. The van der Waals surface area contributed by atoms with Crippen molar-refractivity contribution >= 4 is 43.4 Å². The van der Waals surface area contributed by atoms with Gasteiger partial charge in [0.25, 0.3) is 10.0 Å². The Labute approximate surface area is 129 Å². The quantitative estimate of drug-likeness (QED) is 0.885. The van der Waals surface area contributed by atoms with Gasteiger partial charge in [-0.05, 0) is 28.1 Å². The van der Waals surface area contributed by atoms with Gasteiger partial charge in [0.2, 0.25) is 0 Å². The van der Waals surface area contributed by atoms with Gasteiger partial charge in [-0.2, -0.15) is 5.10 Å². The van der Waals surface area contributed by atoms with Crippen LogP contribution in [-0.2, 0) is 17.1 Å². The van der Waals surface area contributed by atoms with E-state index in [9.17, 15) is 8.42 Å². The van der Waals surface area contributed by atoms with Crippen molar-refractivity contribution in [2.45, 2.75) is 4.90 Å². The van der Waals surface area contributed by atoms with Crippen molar-refractivity contribution in [2.24, 2.45) is 7.05 Å². The molecule has 2 rings (SSSR count). The van der Waals surface area contributed by atoms with Crippen LogP contribution in [0.4, 0.5) is 5.82 Å². The van der Waals surface area contributed by atoms with Crippen LogP contribution in [0, 0.1) is 0 Å². The van der Waals surface area contributed by atoms with E-state index in [-0.39, 0.29) is 21.5 Å². The second kappa shape index (κ2) is 5.63. The lowest BCUT2D eigenvalue weighted by Crippen LogP contribution is -2.15. The summed E-state index contributed by atoms with van der Waals surface area (Å²) in [5.41, 5.74) is 0. The molecule has 0 aliphatic rings. The van der Waals surface area contributed by atoms with Crippen LogP contribution >= 0.6 is 27.5 Å². The fourth-order valence-corrected chi connectivity index (χ4v) is 3.98. The van der Waals surface area contributed by atoms with Gasteiger partial charge in [-0.3, -0.25) is 9.40 Å². The minimum absolute atomic E-state index is 0.0648. The van der Waals surface area contributed by atoms with Gasteiger partial charge in [-0.25, -0.2) is 8.42 Å². The number of benzene rings is 1. The van der Waals surface area contributed by atoms with Crippen LogP contribution in [0.3, 0.4) is 0 Å². The second-order valence-electron chi connectivity index (χ2n) is 3.90. The molecular formula is C11H11BrClN3O3S. The molecule has 0 amide bonds. The van der Waals surface area contributed by atoms with Crippen molar-refractivity contribution < 1.29 is 13.2 Å². The van der Waals surface area contributed by atoms with Gasteiger partial charge in [0.1, 0.15) is 4.90 Å². The number of hydrogen-bond acceptors (Lipinski definition) is 4. The second-order valence-corrected chi connectivity index (χ2v) is 6.84. The average Bonchev–Trinajstić information content (AvgIpc) is 2.73. The lowest BCUT2D eigenvalue weighted by molar-refractivity contribution is 0.400. The third-order valence-corrected chi connectivity index (χ3v) is 4.59. The highest BCUT2D eigenvalue weighted by molar-refractivity contribution is 9.10. The molecule has 0 saturated carbocycles.